The molecule has 0 atom stereocenters. The van der Waals surface area contributed by atoms with Gasteiger partial charge >= 0.3 is 6.03 Å². The summed E-state index contributed by atoms with van der Waals surface area (Å²) in [5.74, 6) is 0.815. The average molecular weight is 374 g/mol. The molecule has 6 nitrogen and oxygen atoms in total. The molecule has 3 N–H and O–H groups in total. The molecule has 126 valence electrons. The van der Waals surface area contributed by atoms with Gasteiger partial charge in [-0.05, 0) is 42.5 Å². The van der Waals surface area contributed by atoms with Crippen molar-refractivity contribution in [3.05, 3.63) is 70.7 Å². The minimum atomic E-state index is -0.400. The van der Waals surface area contributed by atoms with Gasteiger partial charge in [0.2, 0.25) is 0 Å². The van der Waals surface area contributed by atoms with Crippen molar-refractivity contribution in [2.45, 2.75) is 0 Å². The number of benzene rings is 2. The maximum atomic E-state index is 11.9. The van der Waals surface area contributed by atoms with Crippen LogP contribution < -0.4 is 16.0 Å². The number of hydrogen-bond donors (Lipinski definition) is 3. The fraction of sp³-hybridized carbons (Fsp3) is 0. The number of aromatic nitrogens is 2. The van der Waals surface area contributed by atoms with Crippen molar-refractivity contribution >= 4 is 52.2 Å². The Balaban J connectivity index is 1.61. The van der Waals surface area contributed by atoms with Crippen LogP contribution in [0, 0.1) is 0 Å². The smallest absolute Gasteiger partial charge is 0.324 e. The summed E-state index contributed by atoms with van der Waals surface area (Å²) < 4.78 is 0. The number of halogens is 2. The van der Waals surface area contributed by atoms with E-state index in [2.05, 4.69) is 26.1 Å². The Bertz CT molecular complexity index is 852. The Hall–Kier alpha value is -2.83. The van der Waals surface area contributed by atoms with Gasteiger partial charge in [-0.2, -0.15) is 0 Å². The van der Waals surface area contributed by atoms with Gasteiger partial charge in [-0.25, -0.2) is 4.79 Å². The van der Waals surface area contributed by atoms with E-state index in [0.29, 0.717) is 33.1 Å². The van der Waals surface area contributed by atoms with E-state index in [1.807, 2.05) is 18.2 Å². The maximum Gasteiger partial charge on any atom is 0.324 e. The minimum Gasteiger partial charge on any atom is -0.339 e. The first-order valence-corrected chi connectivity index (χ1v) is 8.04. The van der Waals surface area contributed by atoms with Gasteiger partial charge in [0.15, 0.2) is 11.6 Å². The van der Waals surface area contributed by atoms with Crippen LogP contribution in [0.25, 0.3) is 0 Å². The Morgan fingerprint density at radius 3 is 2.04 bits per heavy atom. The van der Waals surface area contributed by atoms with Crippen molar-refractivity contribution in [2.75, 3.05) is 16.0 Å². The van der Waals surface area contributed by atoms with Gasteiger partial charge in [0.25, 0.3) is 0 Å². The second-order valence-electron chi connectivity index (χ2n) is 5.03. The summed E-state index contributed by atoms with van der Waals surface area (Å²) in [6, 6.07) is 17.1. The monoisotopic (exact) mass is 373 g/mol. The van der Waals surface area contributed by atoms with E-state index >= 15 is 0 Å². The first kappa shape index (κ1) is 17.0. The molecule has 0 fully saturated rings. The SMILES string of the molecule is O=C(Nc1ccccc1)Nc1ccc(Nc2cc(Cl)cc(Cl)c2)nn1. The van der Waals surface area contributed by atoms with Crippen LogP contribution >= 0.6 is 23.2 Å². The summed E-state index contributed by atoms with van der Waals surface area (Å²) in [5.41, 5.74) is 1.37. The highest BCUT2D eigenvalue weighted by Gasteiger charge is 2.05. The molecular weight excluding hydrogens is 361 g/mol. The summed E-state index contributed by atoms with van der Waals surface area (Å²) in [4.78, 5) is 11.9. The van der Waals surface area contributed by atoms with E-state index in [1.54, 1.807) is 42.5 Å². The molecule has 25 heavy (non-hydrogen) atoms. The topological polar surface area (TPSA) is 78.9 Å². The number of hydrogen-bond acceptors (Lipinski definition) is 4. The second kappa shape index (κ2) is 7.83. The number of rotatable bonds is 4. The normalized spacial score (nSPS) is 10.2. The highest BCUT2D eigenvalue weighted by Crippen LogP contribution is 2.24. The Kier molecular flexibility index (Phi) is 5.33. The fourth-order valence-corrected chi connectivity index (χ4v) is 2.57. The van der Waals surface area contributed by atoms with E-state index in [1.165, 1.54) is 0 Å². The molecule has 0 aliphatic heterocycles. The number of carbonyl (C=O) groups is 1. The van der Waals surface area contributed by atoms with Crippen LogP contribution in [-0.4, -0.2) is 16.2 Å². The molecule has 0 bridgehead atoms. The summed E-state index contributed by atoms with van der Waals surface area (Å²) in [7, 11) is 0. The quantitative estimate of drug-likeness (QED) is 0.589. The van der Waals surface area contributed by atoms with Crippen molar-refractivity contribution < 1.29 is 4.79 Å². The lowest BCUT2D eigenvalue weighted by atomic mass is 10.3. The van der Waals surface area contributed by atoms with Gasteiger partial charge in [0, 0.05) is 21.4 Å². The molecule has 0 unspecified atom stereocenters. The lowest BCUT2D eigenvalue weighted by molar-refractivity contribution is 0.262. The van der Waals surface area contributed by atoms with Gasteiger partial charge in [-0.15, -0.1) is 10.2 Å². The number of urea groups is 1. The molecule has 0 aliphatic rings. The van der Waals surface area contributed by atoms with E-state index in [4.69, 9.17) is 23.2 Å². The van der Waals surface area contributed by atoms with Gasteiger partial charge in [0.05, 0.1) is 0 Å². The first-order chi connectivity index (χ1) is 12.1. The number of anilines is 4. The summed E-state index contributed by atoms with van der Waals surface area (Å²) >= 11 is 11.9. The molecule has 0 radical (unpaired) electrons. The number of carbonyl (C=O) groups excluding carboxylic acids is 1. The summed E-state index contributed by atoms with van der Waals surface area (Å²) in [5, 5.41) is 17.3. The van der Waals surface area contributed by atoms with Crippen LogP contribution in [-0.2, 0) is 0 Å². The first-order valence-electron chi connectivity index (χ1n) is 7.28. The van der Waals surface area contributed by atoms with Crippen molar-refractivity contribution in [1.82, 2.24) is 10.2 Å². The summed E-state index contributed by atoms with van der Waals surface area (Å²) in [6.07, 6.45) is 0. The second-order valence-corrected chi connectivity index (χ2v) is 5.90. The van der Waals surface area contributed by atoms with Crippen LogP contribution in [0.5, 0.6) is 0 Å². The minimum absolute atomic E-state index is 0.322. The van der Waals surface area contributed by atoms with E-state index in [9.17, 15) is 4.79 Å². The number of nitrogens with one attached hydrogen (secondary N) is 3. The van der Waals surface area contributed by atoms with Gasteiger partial charge in [-0.1, -0.05) is 41.4 Å². The molecule has 8 heteroatoms. The molecule has 3 aromatic rings. The molecule has 0 spiro atoms. The molecule has 2 amide bonds. The highest BCUT2D eigenvalue weighted by molar-refractivity contribution is 6.35. The maximum absolute atomic E-state index is 11.9. The van der Waals surface area contributed by atoms with Gasteiger partial charge in [0.1, 0.15) is 0 Å². The molecule has 0 saturated carbocycles. The number of para-hydroxylation sites is 1. The molecule has 1 aromatic heterocycles. The lowest BCUT2D eigenvalue weighted by Gasteiger charge is -2.08. The fourth-order valence-electron chi connectivity index (χ4n) is 2.04. The lowest BCUT2D eigenvalue weighted by Crippen LogP contribution is -2.20. The largest absolute Gasteiger partial charge is 0.339 e. The molecule has 3 rings (SSSR count). The molecule has 0 aliphatic carbocycles. The van der Waals surface area contributed by atoms with Gasteiger partial charge < -0.3 is 10.6 Å². The zero-order valence-corrected chi connectivity index (χ0v) is 14.3. The third-order valence-electron chi connectivity index (χ3n) is 3.07. The van der Waals surface area contributed by atoms with E-state index in [0.717, 1.165) is 0 Å². The van der Waals surface area contributed by atoms with E-state index < -0.39 is 6.03 Å². The van der Waals surface area contributed by atoms with Crippen LogP contribution in [0.3, 0.4) is 0 Å². The predicted molar refractivity (Wildman–Crippen MR) is 101 cm³/mol. The van der Waals surface area contributed by atoms with Crippen molar-refractivity contribution in [2.24, 2.45) is 0 Å². The Labute approximate surface area is 154 Å². The van der Waals surface area contributed by atoms with Crippen LogP contribution in [0.1, 0.15) is 0 Å². The number of nitrogens with zero attached hydrogens (tertiary/aromatic N) is 2. The standard InChI is InChI=1S/C17H13Cl2N5O/c18-11-8-12(19)10-14(9-11)20-15-6-7-16(24-23-15)22-17(25)21-13-4-2-1-3-5-13/h1-10H,(H,20,23)(H2,21,22,24,25). The zero-order chi connectivity index (χ0) is 17.6. The van der Waals surface area contributed by atoms with E-state index in [-0.39, 0.29) is 0 Å². The molecule has 0 saturated heterocycles. The molecular formula is C17H13Cl2N5O. The van der Waals surface area contributed by atoms with Crippen molar-refractivity contribution in [3.63, 3.8) is 0 Å². The van der Waals surface area contributed by atoms with Crippen LogP contribution in [0.15, 0.2) is 60.7 Å². The third-order valence-corrected chi connectivity index (χ3v) is 3.51. The molecule has 2 aromatic carbocycles. The van der Waals surface area contributed by atoms with Crippen molar-refractivity contribution in [1.29, 1.82) is 0 Å². The van der Waals surface area contributed by atoms with Crippen LogP contribution in [0.2, 0.25) is 10.0 Å². The predicted octanol–water partition coefficient (Wildman–Crippen LogP) is 5.17. The highest BCUT2D eigenvalue weighted by atomic mass is 35.5. The van der Waals surface area contributed by atoms with Gasteiger partial charge in [-0.3, -0.25) is 5.32 Å². The third kappa shape index (κ3) is 5.07. The average Bonchev–Trinajstić information content (AvgIpc) is 2.56. The Morgan fingerprint density at radius 2 is 1.40 bits per heavy atom. The zero-order valence-electron chi connectivity index (χ0n) is 12.8. The van der Waals surface area contributed by atoms with Crippen LogP contribution in [0.4, 0.5) is 27.8 Å². The molecule has 1 heterocycles. The van der Waals surface area contributed by atoms with Crippen molar-refractivity contribution in [3.8, 4) is 0 Å². The summed E-state index contributed by atoms with van der Waals surface area (Å²) in [6.45, 7) is 0. The Morgan fingerprint density at radius 1 is 0.760 bits per heavy atom. The number of amides is 2.